The van der Waals surface area contributed by atoms with Gasteiger partial charge in [0.1, 0.15) is 12.0 Å². The number of pyridine rings is 1. The summed E-state index contributed by atoms with van der Waals surface area (Å²) < 4.78 is 2.85. The summed E-state index contributed by atoms with van der Waals surface area (Å²) in [6.07, 6.45) is 8.60. The number of imidazole rings is 1. The topological polar surface area (TPSA) is 109 Å². The number of aromatic nitrogens is 3. The van der Waals surface area contributed by atoms with Gasteiger partial charge in [0.25, 0.3) is 11.5 Å². The first-order valence-corrected chi connectivity index (χ1v) is 7.42. The number of rotatable bonds is 3. The number of hydrogen-bond donors (Lipinski definition) is 2. The van der Waals surface area contributed by atoms with Crippen molar-refractivity contribution in [3.63, 3.8) is 0 Å². The van der Waals surface area contributed by atoms with Crippen molar-refractivity contribution >= 4 is 5.91 Å². The third-order valence-corrected chi connectivity index (χ3v) is 4.24. The zero-order valence-electron chi connectivity index (χ0n) is 12.2. The lowest BCUT2D eigenvalue weighted by Crippen LogP contribution is -2.32. The average Bonchev–Trinajstić information content (AvgIpc) is 3.01. The van der Waals surface area contributed by atoms with Crippen molar-refractivity contribution in [2.24, 2.45) is 5.73 Å². The van der Waals surface area contributed by atoms with E-state index in [1.807, 2.05) is 6.07 Å². The van der Waals surface area contributed by atoms with Crippen LogP contribution in [0.5, 0.6) is 0 Å². The molecule has 22 heavy (non-hydrogen) atoms. The van der Waals surface area contributed by atoms with Crippen LogP contribution in [0.2, 0.25) is 0 Å². The molecule has 1 aliphatic rings. The molecule has 0 radical (unpaired) electrons. The summed E-state index contributed by atoms with van der Waals surface area (Å²) in [4.78, 5) is 27.2. The number of primary amides is 1. The molecule has 0 aliphatic heterocycles. The summed E-state index contributed by atoms with van der Waals surface area (Å²) in [6, 6.07) is 3.32. The van der Waals surface area contributed by atoms with Gasteiger partial charge in [-0.2, -0.15) is 0 Å². The van der Waals surface area contributed by atoms with Gasteiger partial charge < -0.3 is 16.1 Å². The van der Waals surface area contributed by atoms with Crippen LogP contribution < -0.4 is 17.1 Å². The largest absolute Gasteiger partial charge is 0.364 e. The molecule has 2 aromatic rings. The van der Waals surface area contributed by atoms with Crippen LogP contribution in [0.1, 0.15) is 54.2 Å². The second-order valence-electron chi connectivity index (χ2n) is 5.71. The first-order chi connectivity index (χ1) is 10.6. The Bertz CT molecular complexity index is 756. The van der Waals surface area contributed by atoms with E-state index in [1.165, 1.54) is 29.7 Å². The van der Waals surface area contributed by atoms with E-state index < -0.39 is 5.91 Å². The molecule has 0 saturated heterocycles. The Kier molecular flexibility index (Phi) is 3.70. The molecule has 0 aromatic carbocycles. The number of nitrogen functional groups attached to an aromatic ring is 1. The van der Waals surface area contributed by atoms with Crippen LogP contribution >= 0.6 is 0 Å². The van der Waals surface area contributed by atoms with Gasteiger partial charge >= 0.3 is 0 Å². The monoisotopic (exact) mass is 301 g/mol. The predicted molar refractivity (Wildman–Crippen MR) is 82.3 cm³/mol. The standard InChI is InChI=1S/C15H19N5O2/c16-15(22)12-8-19(9-18-12)11-6-13(20(17)14(21)7-11)10-4-2-1-3-5-10/h6-10H,1-5,17H2,(H2,16,22). The van der Waals surface area contributed by atoms with Crippen molar-refractivity contribution in [2.75, 3.05) is 5.84 Å². The molecular weight excluding hydrogens is 282 g/mol. The van der Waals surface area contributed by atoms with Crippen molar-refractivity contribution in [1.29, 1.82) is 0 Å². The summed E-state index contributed by atoms with van der Waals surface area (Å²) >= 11 is 0. The maximum absolute atomic E-state index is 12.1. The number of nitrogens with two attached hydrogens (primary N) is 2. The Morgan fingerprint density at radius 1 is 1.23 bits per heavy atom. The Balaban J connectivity index is 2.03. The summed E-state index contributed by atoms with van der Waals surface area (Å²) in [6.45, 7) is 0. The molecule has 3 rings (SSSR count). The maximum atomic E-state index is 12.1. The molecule has 2 aromatic heterocycles. The summed E-state index contributed by atoms with van der Waals surface area (Å²) in [5, 5.41) is 0. The van der Waals surface area contributed by atoms with Gasteiger partial charge in [0.2, 0.25) is 0 Å². The first kappa shape index (κ1) is 14.4. The van der Waals surface area contributed by atoms with Crippen LogP contribution in [0.15, 0.2) is 29.5 Å². The number of amides is 1. The van der Waals surface area contributed by atoms with Gasteiger partial charge in [0.15, 0.2) is 0 Å². The molecule has 0 bridgehead atoms. The van der Waals surface area contributed by atoms with Gasteiger partial charge in [-0.25, -0.2) is 9.66 Å². The minimum atomic E-state index is -0.599. The second-order valence-corrected chi connectivity index (χ2v) is 5.71. The van der Waals surface area contributed by atoms with Crippen LogP contribution in [0.3, 0.4) is 0 Å². The van der Waals surface area contributed by atoms with Gasteiger partial charge in [0, 0.05) is 23.9 Å². The van der Waals surface area contributed by atoms with Gasteiger partial charge in [-0.3, -0.25) is 9.59 Å². The van der Waals surface area contributed by atoms with Gasteiger partial charge in [-0.15, -0.1) is 0 Å². The molecule has 0 spiro atoms. The van der Waals surface area contributed by atoms with Crippen LogP contribution in [0, 0.1) is 0 Å². The van der Waals surface area contributed by atoms with E-state index in [2.05, 4.69) is 4.98 Å². The van der Waals surface area contributed by atoms with Crippen LogP contribution in [0.25, 0.3) is 5.69 Å². The molecular formula is C15H19N5O2. The van der Waals surface area contributed by atoms with Crippen molar-refractivity contribution in [3.05, 3.63) is 46.4 Å². The Hall–Kier alpha value is -2.57. The molecule has 1 fully saturated rings. The lowest BCUT2D eigenvalue weighted by Gasteiger charge is -2.24. The summed E-state index contributed by atoms with van der Waals surface area (Å²) in [5.74, 6) is 5.62. The van der Waals surface area contributed by atoms with Gasteiger partial charge in [0.05, 0.1) is 5.69 Å². The number of hydrogen-bond acceptors (Lipinski definition) is 4. The van der Waals surface area contributed by atoms with E-state index in [9.17, 15) is 9.59 Å². The van der Waals surface area contributed by atoms with Crippen molar-refractivity contribution in [3.8, 4) is 5.69 Å². The molecule has 7 heteroatoms. The van der Waals surface area contributed by atoms with E-state index >= 15 is 0 Å². The van der Waals surface area contributed by atoms with E-state index in [-0.39, 0.29) is 11.3 Å². The smallest absolute Gasteiger partial charge is 0.270 e. The number of nitrogens with zero attached hydrogens (tertiary/aromatic N) is 3. The SMILES string of the molecule is NC(=O)c1cn(-c2cc(C3CCCCC3)n(N)c(=O)c2)cn1. The van der Waals surface area contributed by atoms with E-state index in [0.29, 0.717) is 11.6 Å². The Morgan fingerprint density at radius 2 is 1.95 bits per heavy atom. The van der Waals surface area contributed by atoms with Crippen molar-refractivity contribution in [2.45, 2.75) is 38.0 Å². The third-order valence-electron chi connectivity index (χ3n) is 4.24. The maximum Gasteiger partial charge on any atom is 0.270 e. The van der Waals surface area contributed by atoms with E-state index in [4.69, 9.17) is 11.6 Å². The van der Waals surface area contributed by atoms with Crippen molar-refractivity contribution in [1.82, 2.24) is 14.2 Å². The fourth-order valence-electron chi connectivity index (χ4n) is 3.04. The molecule has 1 amide bonds. The van der Waals surface area contributed by atoms with Crippen LogP contribution in [-0.2, 0) is 0 Å². The molecule has 7 nitrogen and oxygen atoms in total. The van der Waals surface area contributed by atoms with Crippen LogP contribution in [-0.4, -0.2) is 20.1 Å². The highest BCUT2D eigenvalue weighted by molar-refractivity contribution is 5.90. The van der Waals surface area contributed by atoms with E-state index in [1.54, 1.807) is 4.57 Å². The summed E-state index contributed by atoms with van der Waals surface area (Å²) in [7, 11) is 0. The fraction of sp³-hybridized carbons (Fsp3) is 0.400. The highest BCUT2D eigenvalue weighted by Crippen LogP contribution is 2.32. The quantitative estimate of drug-likeness (QED) is 0.821. The molecule has 0 atom stereocenters. The minimum Gasteiger partial charge on any atom is -0.364 e. The minimum absolute atomic E-state index is 0.163. The molecule has 4 N–H and O–H groups in total. The third kappa shape index (κ3) is 2.61. The average molecular weight is 301 g/mol. The summed E-state index contributed by atoms with van der Waals surface area (Å²) in [5.41, 5.74) is 6.57. The normalized spacial score (nSPS) is 15.8. The zero-order valence-corrected chi connectivity index (χ0v) is 12.2. The molecule has 1 saturated carbocycles. The fourth-order valence-corrected chi connectivity index (χ4v) is 3.04. The molecule has 0 unspecified atom stereocenters. The molecule has 116 valence electrons. The Labute approximate surface area is 127 Å². The predicted octanol–water partition coefficient (Wildman–Crippen LogP) is 0.894. The molecule has 2 heterocycles. The zero-order chi connectivity index (χ0) is 15.7. The van der Waals surface area contributed by atoms with E-state index in [0.717, 1.165) is 31.4 Å². The highest BCUT2D eigenvalue weighted by Gasteiger charge is 2.20. The lowest BCUT2D eigenvalue weighted by molar-refractivity contribution is 0.0996. The first-order valence-electron chi connectivity index (χ1n) is 7.42. The molecule has 1 aliphatic carbocycles. The van der Waals surface area contributed by atoms with Gasteiger partial charge in [-0.1, -0.05) is 19.3 Å². The van der Waals surface area contributed by atoms with Gasteiger partial charge in [-0.05, 0) is 18.9 Å². The number of carbonyl (C=O) groups is 1. The van der Waals surface area contributed by atoms with Crippen LogP contribution in [0.4, 0.5) is 0 Å². The lowest BCUT2D eigenvalue weighted by atomic mass is 9.86. The Morgan fingerprint density at radius 3 is 2.59 bits per heavy atom. The second kappa shape index (κ2) is 5.67. The highest BCUT2D eigenvalue weighted by atomic mass is 16.1. The number of carbonyl (C=O) groups excluding carboxylic acids is 1. The van der Waals surface area contributed by atoms with Crippen molar-refractivity contribution < 1.29 is 4.79 Å².